The lowest BCUT2D eigenvalue weighted by atomic mass is 9.89. The molecule has 2 bridgehead atoms. The molecule has 0 aliphatic carbocycles. The zero-order chi connectivity index (χ0) is 13.2. The molecule has 104 valence electrons. The molecule has 3 unspecified atom stereocenters. The molecule has 0 saturated carbocycles. The Hall–Kier alpha value is -1.36. The lowest BCUT2D eigenvalue weighted by Crippen LogP contribution is -2.40. The minimum Gasteiger partial charge on any atom is -0.349 e. The molecule has 0 spiro atoms. The van der Waals surface area contributed by atoms with Crippen molar-refractivity contribution in [3.8, 4) is 0 Å². The van der Waals surface area contributed by atoms with Crippen molar-refractivity contribution in [3.63, 3.8) is 0 Å². The number of carbonyl (C=O) groups excluding carboxylic acids is 1. The molecule has 3 heterocycles. The fourth-order valence-electron chi connectivity index (χ4n) is 3.49. The molecular weight excluding hydrogens is 240 g/mol. The van der Waals surface area contributed by atoms with Crippen LogP contribution in [0.1, 0.15) is 50.6 Å². The molecule has 5 nitrogen and oxygen atoms in total. The van der Waals surface area contributed by atoms with E-state index in [4.69, 9.17) is 0 Å². The first-order chi connectivity index (χ1) is 9.20. The average molecular weight is 262 g/mol. The second-order valence-electron chi connectivity index (χ2n) is 6.00. The second-order valence-corrected chi connectivity index (χ2v) is 6.00. The van der Waals surface area contributed by atoms with Crippen molar-refractivity contribution in [2.45, 2.75) is 57.2 Å². The van der Waals surface area contributed by atoms with E-state index >= 15 is 0 Å². The number of hydrogen-bond acceptors (Lipinski definition) is 3. The van der Waals surface area contributed by atoms with Crippen LogP contribution in [0.4, 0.5) is 0 Å². The minimum atomic E-state index is 0.0321. The number of piperidine rings is 1. The monoisotopic (exact) mass is 262 g/mol. The molecule has 3 atom stereocenters. The molecule has 1 aromatic rings. The van der Waals surface area contributed by atoms with Crippen LogP contribution in [0, 0.1) is 5.92 Å². The van der Waals surface area contributed by atoms with E-state index in [1.165, 1.54) is 12.8 Å². The second kappa shape index (κ2) is 5.33. The molecule has 1 amide bonds. The fourth-order valence-corrected chi connectivity index (χ4v) is 3.49. The molecule has 19 heavy (non-hydrogen) atoms. The Morgan fingerprint density at radius 1 is 1.47 bits per heavy atom. The van der Waals surface area contributed by atoms with Gasteiger partial charge in [-0.25, -0.2) is 0 Å². The van der Waals surface area contributed by atoms with Crippen LogP contribution in [0.3, 0.4) is 0 Å². The summed E-state index contributed by atoms with van der Waals surface area (Å²) in [7, 11) is 0. The standard InChI is InChI=1S/C14H22N4O/c1-9(11-7-15-16-8-11)17-14(19)6-10-4-12-2-3-13(5-10)18-12/h7-10,12-13,18H,2-6H2,1H3,(H,15,16)(H,17,19). The third kappa shape index (κ3) is 2.97. The van der Waals surface area contributed by atoms with Gasteiger partial charge < -0.3 is 10.6 Å². The van der Waals surface area contributed by atoms with Crippen LogP contribution in [0.15, 0.2) is 12.4 Å². The first-order valence-corrected chi connectivity index (χ1v) is 7.25. The molecule has 0 radical (unpaired) electrons. The molecule has 2 aliphatic rings. The molecule has 2 saturated heterocycles. The number of H-pyrrole nitrogens is 1. The van der Waals surface area contributed by atoms with Gasteiger partial charge in [0.1, 0.15) is 0 Å². The predicted octanol–water partition coefficient (Wildman–Crippen LogP) is 1.51. The topological polar surface area (TPSA) is 69.8 Å². The number of nitrogens with zero attached hydrogens (tertiary/aromatic N) is 1. The van der Waals surface area contributed by atoms with Crippen molar-refractivity contribution in [2.24, 2.45) is 5.92 Å². The van der Waals surface area contributed by atoms with Gasteiger partial charge in [0.15, 0.2) is 0 Å². The first-order valence-electron chi connectivity index (χ1n) is 7.25. The lowest BCUT2D eigenvalue weighted by molar-refractivity contribution is -0.122. The van der Waals surface area contributed by atoms with Gasteiger partial charge in [0.05, 0.1) is 12.2 Å². The minimum absolute atomic E-state index is 0.0321. The van der Waals surface area contributed by atoms with Crippen molar-refractivity contribution < 1.29 is 4.79 Å². The summed E-state index contributed by atoms with van der Waals surface area (Å²) in [6.07, 6.45) is 9.14. The van der Waals surface area contributed by atoms with Crippen molar-refractivity contribution in [2.75, 3.05) is 0 Å². The number of aromatic nitrogens is 2. The third-order valence-electron chi connectivity index (χ3n) is 4.44. The Morgan fingerprint density at radius 2 is 2.21 bits per heavy atom. The van der Waals surface area contributed by atoms with Gasteiger partial charge in [-0.2, -0.15) is 5.10 Å². The quantitative estimate of drug-likeness (QED) is 0.770. The van der Waals surface area contributed by atoms with Crippen LogP contribution in [0.25, 0.3) is 0 Å². The van der Waals surface area contributed by atoms with Gasteiger partial charge >= 0.3 is 0 Å². The Kier molecular flexibility index (Phi) is 3.55. The van der Waals surface area contributed by atoms with Gasteiger partial charge in [-0.05, 0) is 38.5 Å². The number of fused-ring (bicyclic) bond motifs is 2. The third-order valence-corrected chi connectivity index (χ3v) is 4.44. The number of aromatic amines is 1. The van der Waals surface area contributed by atoms with E-state index in [2.05, 4.69) is 20.8 Å². The van der Waals surface area contributed by atoms with Crippen molar-refractivity contribution in [1.29, 1.82) is 0 Å². The van der Waals surface area contributed by atoms with E-state index in [-0.39, 0.29) is 11.9 Å². The fraction of sp³-hybridized carbons (Fsp3) is 0.714. The van der Waals surface area contributed by atoms with E-state index in [1.807, 2.05) is 13.1 Å². The average Bonchev–Trinajstić information content (AvgIpc) is 2.99. The summed E-state index contributed by atoms with van der Waals surface area (Å²) in [5.41, 5.74) is 1.03. The van der Waals surface area contributed by atoms with E-state index in [9.17, 15) is 4.79 Å². The highest BCUT2D eigenvalue weighted by Gasteiger charge is 2.34. The summed E-state index contributed by atoms with van der Waals surface area (Å²) in [4.78, 5) is 12.1. The smallest absolute Gasteiger partial charge is 0.220 e. The van der Waals surface area contributed by atoms with Crippen LogP contribution in [0.5, 0.6) is 0 Å². The number of amides is 1. The molecule has 2 fully saturated rings. The summed E-state index contributed by atoms with van der Waals surface area (Å²) in [5.74, 6) is 0.718. The van der Waals surface area contributed by atoms with Crippen molar-refractivity contribution >= 4 is 5.91 Å². The van der Waals surface area contributed by atoms with Gasteiger partial charge in [0.25, 0.3) is 0 Å². The molecule has 3 N–H and O–H groups in total. The maximum atomic E-state index is 12.1. The highest BCUT2D eigenvalue weighted by Crippen LogP contribution is 2.32. The number of nitrogens with one attached hydrogen (secondary N) is 3. The van der Waals surface area contributed by atoms with Crippen molar-refractivity contribution in [1.82, 2.24) is 20.8 Å². The summed E-state index contributed by atoms with van der Waals surface area (Å²) < 4.78 is 0. The number of hydrogen-bond donors (Lipinski definition) is 3. The van der Waals surface area contributed by atoms with Crippen LogP contribution in [-0.2, 0) is 4.79 Å². The molecule has 3 rings (SSSR count). The Labute approximate surface area is 113 Å². The van der Waals surface area contributed by atoms with E-state index < -0.39 is 0 Å². The molecular formula is C14H22N4O. The van der Waals surface area contributed by atoms with E-state index in [1.54, 1.807) is 6.20 Å². The molecule has 0 aromatic carbocycles. The Morgan fingerprint density at radius 3 is 2.84 bits per heavy atom. The van der Waals surface area contributed by atoms with Gasteiger partial charge in [0, 0.05) is 30.3 Å². The lowest BCUT2D eigenvalue weighted by Gasteiger charge is -2.29. The highest BCUT2D eigenvalue weighted by molar-refractivity contribution is 5.76. The first kappa shape index (κ1) is 12.7. The summed E-state index contributed by atoms with van der Waals surface area (Å²) in [6, 6.07) is 1.34. The highest BCUT2D eigenvalue weighted by atomic mass is 16.1. The van der Waals surface area contributed by atoms with Gasteiger partial charge in [-0.1, -0.05) is 0 Å². The summed E-state index contributed by atoms with van der Waals surface area (Å²) in [5, 5.41) is 13.4. The largest absolute Gasteiger partial charge is 0.349 e. The Bertz CT molecular complexity index is 419. The Balaban J connectivity index is 1.49. The van der Waals surface area contributed by atoms with Gasteiger partial charge in [-0.15, -0.1) is 0 Å². The van der Waals surface area contributed by atoms with Gasteiger partial charge in [0.2, 0.25) is 5.91 Å². The SMILES string of the molecule is CC(NC(=O)CC1CC2CCC(C1)N2)c1cn[nH]c1. The van der Waals surface area contributed by atoms with Crippen LogP contribution >= 0.6 is 0 Å². The maximum absolute atomic E-state index is 12.1. The van der Waals surface area contributed by atoms with Crippen LogP contribution < -0.4 is 10.6 Å². The van der Waals surface area contributed by atoms with Gasteiger partial charge in [-0.3, -0.25) is 9.89 Å². The maximum Gasteiger partial charge on any atom is 0.220 e. The summed E-state index contributed by atoms with van der Waals surface area (Å²) >= 11 is 0. The van der Waals surface area contributed by atoms with Crippen LogP contribution in [0.2, 0.25) is 0 Å². The van der Waals surface area contributed by atoms with Crippen LogP contribution in [-0.4, -0.2) is 28.2 Å². The van der Waals surface area contributed by atoms with Crippen molar-refractivity contribution in [3.05, 3.63) is 18.0 Å². The number of carbonyl (C=O) groups is 1. The van der Waals surface area contributed by atoms with E-state index in [0.29, 0.717) is 24.4 Å². The predicted molar refractivity (Wildman–Crippen MR) is 72.4 cm³/mol. The zero-order valence-corrected chi connectivity index (χ0v) is 11.4. The molecule has 5 heteroatoms. The molecule has 1 aromatic heterocycles. The zero-order valence-electron chi connectivity index (χ0n) is 11.4. The molecule has 2 aliphatic heterocycles. The number of rotatable bonds is 4. The van der Waals surface area contributed by atoms with E-state index in [0.717, 1.165) is 18.4 Å². The summed E-state index contributed by atoms with van der Waals surface area (Å²) in [6.45, 7) is 1.99. The normalized spacial score (nSPS) is 31.1.